The number of ether oxygens (including phenoxy) is 2. The van der Waals surface area contributed by atoms with Gasteiger partial charge in [-0.05, 0) is 29.8 Å². The van der Waals surface area contributed by atoms with Crippen molar-refractivity contribution in [2.45, 2.75) is 0 Å². The fourth-order valence-electron chi connectivity index (χ4n) is 1.76. The maximum absolute atomic E-state index is 9.14. The number of H-pyrrole nitrogens is 1. The first kappa shape index (κ1) is 14.2. The van der Waals surface area contributed by atoms with Gasteiger partial charge in [-0.15, -0.1) is 0 Å². The maximum atomic E-state index is 9.14. The van der Waals surface area contributed by atoms with Gasteiger partial charge in [0.15, 0.2) is 5.82 Å². The fourth-order valence-corrected chi connectivity index (χ4v) is 1.76. The van der Waals surface area contributed by atoms with Gasteiger partial charge in [-0.3, -0.25) is 0 Å². The van der Waals surface area contributed by atoms with Crippen LogP contribution in [0.1, 0.15) is 16.7 Å². The molecule has 104 valence electrons. The highest BCUT2D eigenvalue weighted by Crippen LogP contribution is 2.29. The Morgan fingerprint density at radius 3 is 2.24 bits per heavy atom. The summed E-state index contributed by atoms with van der Waals surface area (Å²) >= 11 is 0. The monoisotopic (exact) mass is 280 g/mol. The van der Waals surface area contributed by atoms with Crippen molar-refractivity contribution in [2.75, 3.05) is 14.2 Å². The predicted molar refractivity (Wildman–Crippen MR) is 77.0 cm³/mol. The van der Waals surface area contributed by atoms with Gasteiger partial charge in [-0.25, -0.2) is 4.99 Å². The van der Waals surface area contributed by atoms with Crippen LogP contribution in [0.5, 0.6) is 11.6 Å². The standard InChI is InChI=1S/C15H12N4O2/c1-20-11-5-3-10(4-6-11)9-18-14-12(7-16)13(8-17)15(19-14)21-2/h3-6,9,19H,1-2H3/b18-9+. The van der Waals surface area contributed by atoms with E-state index >= 15 is 0 Å². The first-order chi connectivity index (χ1) is 10.2. The van der Waals surface area contributed by atoms with Gasteiger partial charge in [0.05, 0.1) is 14.2 Å². The van der Waals surface area contributed by atoms with E-state index in [-0.39, 0.29) is 17.0 Å². The Labute approximate surface area is 121 Å². The Kier molecular flexibility index (Phi) is 4.23. The Hall–Kier alpha value is -3.25. The Bertz CT molecular complexity index is 746. The van der Waals surface area contributed by atoms with Crippen LogP contribution in [-0.2, 0) is 0 Å². The van der Waals surface area contributed by atoms with E-state index in [0.29, 0.717) is 5.82 Å². The van der Waals surface area contributed by atoms with E-state index in [1.165, 1.54) is 7.11 Å². The summed E-state index contributed by atoms with van der Waals surface area (Å²) in [6.07, 6.45) is 1.59. The van der Waals surface area contributed by atoms with Crippen molar-refractivity contribution in [3.63, 3.8) is 0 Å². The molecule has 2 aromatic rings. The van der Waals surface area contributed by atoms with E-state index < -0.39 is 0 Å². The van der Waals surface area contributed by atoms with Crippen LogP contribution in [0.3, 0.4) is 0 Å². The van der Waals surface area contributed by atoms with Crippen LogP contribution in [-0.4, -0.2) is 25.4 Å². The van der Waals surface area contributed by atoms with Gasteiger partial charge in [0, 0.05) is 6.21 Å². The molecule has 1 heterocycles. The van der Waals surface area contributed by atoms with Crippen molar-refractivity contribution in [3.05, 3.63) is 41.0 Å². The van der Waals surface area contributed by atoms with E-state index in [2.05, 4.69) is 9.98 Å². The van der Waals surface area contributed by atoms with E-state index in [4.69, 9.17) is 20.0 Å². The van der Waals surface area contributed by atoms with Gasteiger partial charge >= 0.3 is 0 Å². The number of nitrogens with one attached hydrogen (secondary N) is 1. The molecule has 1 N–H and O–H groups in total. The van der Waals surface area contributed by atoms with E-state index in [1.54, 1.807) is 13.3 Å². The highest BCUT2D eigenvalue weighted by molar-refractivity contribution is 5.83. The molecule has 2 rings (SSSR count). The van der Waals surface area contributed by atoms with E-state index in [0.717, 1.165) is 11.3 Å². The third-order valence-electron chi connectivity index (χ3n) is 2.83. The summed E-state index contributed by atoms with van der Waals surface area (Å²) in [5, 5.41) is 18.2. The van der Waals surface area contributed by atoms with Crippen LogP contribution in [0.2, 0.25) is 0 Å². The van der Waals surface area contributed by atoms with Crippen molar-refractivity contribution in [1.29, 1.82) is 10.5 Å². The number of benzene rings is 1. The second kappa shape index (κ2) is 6.27. The quantitative estimate of drug-likeness (QED) is 0.870. The van der Waals surface area contributed by atoms with Gasteiger partial charge in [-0.2, -0.15) is 10.5 Å². The van der Waals surface area contributed by atoms with Gasteiger partial charge < -0.3 is 14.5 Å². The Balaban J connectivity index is 2.34. The first-order valence-corrected chi connectivity index (χ1v) is 6.01. The number of nitrogens with zero attached hydrogens (tertiary/aromatic N) is 3. The number of nitriles is 2. The van der Waals surface area contributed by atoms with Gasteiger partial charge in [0.1, 0.15) is 29.0 Å². The summed E-state index contributed by atoms with van der Waals surface area (Å²) in [5.74, 6) is 1.27. The summed E-state index contributed by atoms with van der Waals surface area (Å²) in [4.78, 5) is 7.01. The van der Waals surface area contributed by atoms with Crippen molar-refractivity contribution < 1.29 is 9.47 Å². The summed E-state index contributed by atoms with van der Waals surface area (Å²) in [6, 6.07) is 11.2. The molecule has 0 spiro atoms. The van der Waals surface area contributed by atoms with Crippen molar-refractivity contribution in [3.8, 4) is 23.8 Å². The molecule has 0 saturated heterocycles. The number of aromatic nitrogens is 1. The minimum atomic E-state index is 0.155. The van der Waals surface area contributed by atoms with E-state index in [1.807, 2.05) is 36.4 Å². The molecule has 0 unspecified atom stereocenters. The molecule has 1 aromatic heterocycles. The summed E-state index contributed by atoms with van der Waals surface area (Å²) < 4.78 is 10.1. The second-order valence-corrected chi connectivity index (χ2v) is 4.01. The third-order valence-corrected chi connectivity index (χ3v) is 2.83. The molecule has 0 radical (unpaired) electrons. The highest BCUT2D eigenvalue weighted by atomic mass is 16.5. The van der Waals surface area contributed by atoms with Crippen LogP contribution >= 0.6 is 0 Å². The number of methoxy groups -OCH3 is 2. The van der Waals surface area contributed by atoms with Crippen LogP contribution in [0.4, 0.5) is 5.82 Å². The molecule has 0 bridgehead atoms. The SMILES string of the molecule is COc1ccc(/C=N/c2[nH]c(OC)c(C#N)c2C#N)cc1. The molecule has 0 saturated carbocycles. The van der Waals surface area contributed by atoms with Crippen LogP contribution < -0.4 is 9.47 Å². The smallest absolute Gasteiger partial charge is 0.212 e. The first-order valence-electron chi connectivity index (χ1n) is 6.01. The zero-order valence-electron chi connectivity index (χ0n) is 11.5. The third kappa shape index (κ3) is 2.85. The fraction of sp³-hybridized carbons (Fsp3) is 0.133. The molecular weight excluding hydrogens is 268 g/mol. The average Bonchev–Trinajstić information content (AvgIpc) is 2.90. The van der Waals surface area contributed by atoms with Crippen molar-refractivity contribution >= 4 is 12.0 Å². The highest BCUT2D eigenvalue weighted by Gasteiger charge is 2.17. The number of hydrogen-bond acceptors (Lipinski definition) is 5. The zero-order valence-corrected chi connectivity index (χ0v) is 11.5. The van der Waals surface area contributed by atoms with Gasteiger partial charge in [0.25, 0.3) is 0 Å². The lowest BCUT2D eigenvalue weighted by atomic mass is 10.2. The lowest BCUT2D eigenvalue weighted by Gasteiger charge is -1.98. The molecular formula is C15H12N4O2. The molecule has 0 amide bonds. The lowest BCUT2D eigenvalue weighted by molar-refractivity contribution is 0.399. The molecule has 6 heteroatoms. The number of aliphatic imine (C=N–C) groups is 1. The van der Waals surface area contributed by atoms with Crippen LogP contribution in [0, 0.1) is 22.7 Å². The van der Waals surface area contributed by atoms with Crippen molar-refractivity contribution in [2.24, 2.45) is 4.99 Å². The van der Waals surface area contributed by atoms with Gasteiger partial charge in [-0.1, -0.05) is 0 Å². The minimum Gasteiger partial charge on any atom is -0.497 e. The topological polar surface area (TPSA) is 94.2 Å². The second-order valence-electron chi connectivity index (χ2n) is 4.01. The normalized spacial score (nSPS) is 10.1. The van der Waals surface area contributed by atoms with Crippen LogP contribution in [0.25, 0.3) is 0 Å². The van der Waals surface area contributed by atoms with Gasteiger partial charge in [0.2, 0.25) is 5.88 Å². The molecule has 0 aliphatic carbocycles. The molecule has 0 aliphatic rings. The summed E-state index contributed by atoms with van der Waals surface area (Å²) in [5.41, 5.74) is 1.16. The minimum absolute atomic E-state index is 0.155. The largest absolute Gasteiger partial charge is 0.497 e. The molecule has 1 aromatic carbocycles. The number of hydrogen-bond donors (Lipinski definition) is 1. The molecule has 21 heavy (non-hydrogen) atoms. The number of aromatic amines is 1. The molecule has 0 atom stereocenters. The average molecular weight is 280 g/mol. The van der Waals surface area contributed by atoms with E-state index in [9.17, 15) is 0 Å². The van der Waals surface area contributed by atoms with Crippen LogP contribution in [0.15, 0.2) is 29.3 Å². The molecule has 0 aliphatic heterocycles. The Morgan fingerprint density at radius 2 is 1.71 bits per heavy atom. The lowest BCUT2D eigenvalue weighted by Crippen LogP contribution is -1.85. The maximum Gasteiger partial charge on any atom is 0.212 e. The summed E-state index contributed by atoms with van der Waals surface area (Å²) in [7, 11) is 3.02. The molecule has 6 nitrogen and oxygen atoms in total. The predicted octanol–water partition coefficient (Wildman–Crippen LogP) is 2.53. The summed E-state index contributed by atoms with van der Waals surface area (Å²) in [6.45, 7) is 0. The zero-order chi connectivity index (χ0) is 15.2. The number of rotatable bonds is 4. The molecule has 0 fully saturated rings. The van der Waals surface area contributed by atoms with Crippen molar-refractivity contribution in [1.82, 2.24) is 4.98 Å². The Morgan fingerprint density at radius 1 is 1.05 bits per heavy atom.